The van der Waals surface area contributed by atoms with Crippen molar-refractivity contribution in [2.75, 3.05) is 13.2 Å². The van der Waals surface area contributed by atoms with Crippen LogP contribution in [0.3, 0.4) is 0 Å². The van der Waals surface area contributed by atoms with E-state index in [0.29, 0.717) is 6.42 Å². The minimum Gasteiger partial charge on any atom is -0.465 e. The van der Waals surface area contributed by atoms with Gasteiger partial charge in [0.2, 0.25) is 0 Å². The molecule has 4 nitrogen and oxygen atoms in total. The first-order valence-corrected chi connectivity index (χ1v) is 8.74. The highest BCUT2D eigenvalue weighted by Crippen LogP contribution is 2.52. The molecule has 2 rings (SSSR count). The second kappa shape index (κ2) is 8.15. The van der Waals surface area contributed by atoms with E-state index in [0.717, 1.165) is 11.1 Å². The summed E-state index contributed by atoms with van der Waals surface area (Å²) in [4.78, 5) is 25.5. The zero-order valence-electron chi connectivity index (χ0n) is 15.2. The highest BCUT2D eigenvalue weighted by Gasteiger charge is 2.60. The molecular formula is C21H26O4. The maximum Gasteiger partial charge on any atom is 0.324 e. The number of ether oxygens (including phenoxy) is 2. The molecule has 1 aromatic rings. The van der Waals surface area contributed by atoms with Gasteiger partial charge in [0, 0.05) is 5.92 Å². The molecule has 1 aliphatic carbocycles. The molecule has 1 aliphatic rings. The van der Waals surface area contributed by atoms with Gasteiger partial charge in [-0.15, -0.1) is 6.58 Å². The SMILES string of the molecule is C=CC1CC(C(=O)OCC)(C(=O)OCC)[C@H](C)/C1=C\c1ccccc1. The second-order valence-corrected chi connectivity index (χ2v) is 6.24. The first kappa shape index (κ1) is 19.0. The van der Waals surface area contributed by atoms with E-state index >= 15 is 0 Å². The molecule has 1 unspecified atom stereocenters. The fourth-order valence-corrected chi connectivity index (χ4v) is 3.56. The minimum absolute atomic E-state index is 0.0796. The van der Waals surface area contributed by atoms with Gasteiger partial charge in [0.25, 0.3) is 0 Å². The molecule has 0 spiro atoms. The van der Waals surface area contributed by atoms with Gasteiger partial charge in [-0.3, -0.25) is 9.59 Å². The van der Waals surface area contributed by atoms with Gasteiger partial charge in [-0.1, -0.05) is 55.0 Å². The third-order valence-electron chi connectivity index (χ3n) is 4.91. The summed E-state index contributed by atoms with van der Waals surface area (Å²) in [5, 5.41) is 0. The van der Waals surface area contributed by atoms with Crippen molar-refractivity contribution < 1.29 is 19.1 Å². The Morgan fingerprint density at radius 2 is 1.72 bits per heavy atom. The number of hydrogen-bond acceptors (Lipinski definition) is 4. The van der Waals surface area contributed by atoms with E-state index in [1.54, 1.807) is 19.9 Å². The lowest BCUT2D eigenvalue weighted by atomic mass is 9.77. The van der Waals surface area contributed by atoms with Crippen LogP contribution in [-0.2, 0) is 19.1 Å². The van der Waals surface area contributed by atoms with Crippen LogP contribution in [0.5, 0.6) is 0 Å². The van der Waals surface area contributed by atoms with E-state index in [4.69, 9.17) is 9.47 Å². The summed E-state index contributed by atoms with van der Waals surface area (Å²) in [6.07, 6.45) is 4.16. The zero-order chi connectivity index (χ0) is 18.4. The molecule has 0 heterocycles. The molecule has 4 heteroatoms. The largest absolute Gasteiger partial charge is 0.465 e. The number of benzene rings is 1. The summed E-state index contributed by atoms with van der Waals surface area (Å²) >= 11 is 0. The monoisotopic (exact) mass is 342 g/mol. The molecule has 134 valence electrons. The normalized spacial score (nSPS) is 23.2. The Hall–Kier alpha value is -2.36. The fraction of sp³-hybridized carbons (Fsp3) is 0.429. The van der Waals surface area contributed by atoms with Crippen molar-refractivity contribution in [1.82, 2.24) is 0 Å². The van der Waals surface area contributed by atoms with Crippen LogP contribution in [0.4, 0.5) is 0 Å². The highest BCUT2D eigenvalue weighted by atomic mass is 16.6. The Morgan fingerprint density at radius 1 is 1.16 bits per heavy atom. The zero-order valence-corrected chi connectivity index (χ0v) is 15.2. The third kappa shape index (κ3) is 3.53. The molecular weight excluding hydrogens is 316 g/mol. The molecule has 25 heavy (non-hydrogen) atoms. The van der Waals surface area contributed by atoms with Crippen molar-refractivity contribution in [2.45, 2.75) is 27.2 Å². The maximum atomic E-state index is 12.8. The summed E-state index contributed by atoms with van der Waals surface area (Å²) in [6.45, 7) is 9.72. The third-order valence-corrected chi connectivity index (χ3v) is 4.91. The summed E-state index contributed by atoms with van der Waals surface area (Å²) in [5.41, 5.74) is 0.716. The van der Waals surface area contributed by atoms with Gasteiger partial charge in [0.1, 0.15) is 0 Å². The Kier molecular flexibility index (Phi) is 6.18. The lowest BCUT2D eigenvalue weighted by molar-refractivity contribution is -0.174. The molecule has 0 aromatic heterocycles. The number of hydrogen-bond donors (Lipinski definition) is 0. The topological polar surface area (TPSA) is 52.6 Å². The average Bonchev–Trinajstić information content (AvgIpc) is 2.90. The van der Waals surface area contributed by atoms with E-state index < -0.39 is 17.4 Å². The minimum atomic E-state index is -1.31. The second-order valence-electron chi connectivity index (χ2n) is 6.24. The first-order chi connectivity index (χ1) is 12.0. The van der Waals surface area contributed by atoms with Gasteiger partial charge in [-0.2, -0.15) is 0 Å². The van der Waals surface area contributed by atoms with Crippen LogP contribution in [0.15, 0.2) is 48.6 Å². The lowest BCUT2D eigenvalue weighted by Crippen LogP contribution is -2.44. The molecule has 2 atom stereocenters. The molecule has 0 N–H and O–H groups in total. The smallest absolute Gasteiger partial charge is 0.324 e. The first-order valence-electron chi connectivity index (χ1n) is 8.74. The van der Waals surface area contributed by atoms with Gasteiger partial charge in [0.15, 0.2) is 5.41 Å². The van der Waals surface area contributed by atoms with E-state index in [1.807, 2.05) is 43.3 Å². The van der Waals surface area contributed by atoms with Gasteiger partial charge < -0.3 is 9.47 Å². The standard InChI is InChI=1S/C21H26O4/c1-5-17-14-21(19(22)24-6-2,20(23)25-7-3)15(4)18(17)13-16-11-9-8-10-12-16/h5,8-13,15,17H,1,6-7,14H2,2-4H3/b18-13+/t15-,17?/m1/s1. The number of esters is 2. The summed E-state index contributed by atoms with van der Waals surface area (Å²) in [7, 11) is 0. The highest BCUT2D eigenvalue weighted by molar-refractivity contribution is 6.02. The average molecular weight is 342 g/mol. The fourth-order valence-electron chi connectivity index (χ4n) is 3.56. The maximum absolute atomic E-state index is 12.8. The van der Waals surface area contributed by atoms with E-state index in [2.05, 4.69) is 6.58 Å². The predicted octanol–water partition coefficient (Wildman–Crippen LogP) is 4.02. The number of rotatable bonds is 6. The Labute approximate surface area is 149 Å². The van der Waals surface area contributed by atoms with Crippen molar-refractivity contribution in [1.29, 1.82) is 0 Å². The van der Waals surface area contributed by atoms with Gasteiger partial charge in [0.05, 0.1) is 13.2 Å². The molecule has 0 radical (unpaired) electrons. The van der Waals surface area contributed by atoms with Crippen LogP contribution in [-0.4, -0.2) is 25.2 Å². The summed E-state index contributed by atoms with van der Waals surface area (Å²) in [5.74, 6) is -1.42. The van der Waals surface area contributed by atoms with Crippen molar-refractivity contribution >= 4 is 18.0 Å². The van der Waals surface area contributed by atoms with Crippen LogP contribution in [0.1, 0.15) is 32.8 Å². The van der Waals surface area contributed by atoms with Crippen molar-refractivity contribution in [2.24, 2.45) is 17.3 Å². The quantitative estimate of drug-likeness (QED) is 0.445. The lowest BCUT2D eigenvalue weighted by Gasteiger charge is -2.28. The Morgan fingerprint density at radius 3 is 2.20 bits per heavy atom. The van der Waals surface area contributed by atoms with Gasteiger partial charge in [-0.05, 0) is 31.7 Å². The van der Waals surface area contributed by atoms with Crippen LogP contribution in [0.25, 0.3) is 6.08 Å². The molecule has 1 fully saturated rings. The number of carbonyl (C=O) groups excluding carboxylic acids is 2. The molecule has 0 aliphatic heterocycles. The van der Waals surface area contributed by atoms with Crippen LogP contribution in [0.2, 0.25) is 0 Å². The number of carbonyl (C=O) groups is 2. The van der Waals surface area contributed by atoms with Crippen LogP contribution in [0, 0.1) is 17.3 Å². The summed E-state index contributed by atoms with van der Waals surface area (Å²) in [6, 6.07) is 9.85. The van der Waals surface area contributed by atoms with E-state index in [9.17, 15) is 9.59 Å². The van der Waals surface area contributed by atoms with Crippen molar-refractivity contribution in [3.05, 3.63) is 54.1 Å². The Bertz CT molecular complexity index is 642. The van der Waals surface area contributed by atoms with Crippen LogP contribution < -0.4 is 0 Å². The number of allylic oxidation sites excluding steroid dienone is 2. The molecule has 1 saturated carbocycles. The van der Waals surface area contributed by atoms with Crippen molar-refractivity contribution in [3.8, 4) is 0 Å². The predicted molar refractivity (Wildman–Crippen MR) is 97.6 cm³/mol. The van der Waals surface area contributed by atoms with Crippen molar-refractivity contribution in [3.63, 3.8) is 0 Å². The Balaban J connectivity index is 2.51. The summed E-state index contributed by atoms with van der Waals surface area (Å²) < 4.78 is 10.5. The molecule has 0 bridgehead atoms. The van der Waals surface area contributed by atoms with E-state index in [1.165, 1.54) is 0 Å². The van der Waals surface area contributed by atoms with Crippen LogP contribution >= 0.6 is 0 Å². The molecule has 1 aromatic carbocycles. The molecule has 0 saturated heterocycles. The molecule has 0 amide bonds. The van der Waals surface area contributed by atoms with E-state index in [-0.39, 0.29) is 25.0 Å². The van der Waals surface area contributed by atoms with Gasteiger partial charge in [-0.25, -0.2) is 0 Å². The van der Waals surface area contributed by atoms with Gasteiger partial charge >= 0.3 is 11.9 Å².